The Morgan fingerprint density at radius 1 is 1.29 bits per heavy atom. The molecule has 0 fully saturated rings. The number of phosphoric ester groups is 1. The molecule has 2 aromatic rings. The maximum Gasteiger partial charge on any atom is 0.472 e. The van der Waals surface area contributed by atoms with Crippen molar-refractivity contribution in [1.29, 1.82) is 0 Å². The molecule has 0 aliphatic rings. The van der Waals surface area contributed by atoms with Gasteiger partial charge in [-0.15, -0.1) is 0 Å². The number of nitrogens with zero attached hydrogens (tertiary/aromatic N) is 4. The highest BCUT2D eigenvalue weighted by Gasteiger charge is 2.41. The first-order chi connectivity index (χ1) is 16.2. The van der Waals surface area contributed by atoms with Crippen LogP contribution in [0.25, 0.3) is 11.2 Å². The number of hydrogen-bond donors (Lipinski definition) is 2. The third-order valence-corrected chi connectivity index (χ3v) is 9.25. The van der Waals surface area contributed by atoms with Crippen LogP contribution in [0.5, 0.6) is 5.88 Å². The molecule has 35 heavy (non-hydrogen) atoms. The fourth-order valence-electron chi connectivity index (χ4n) is 3.03. The maximum atomic E-state index is 16.1. The van der Waals surface area contributed by atoms with Gasteiger partial charge in [0.1, 0.15) is 0 Å². The monoisotopic (exact) mass is 555 g/mol. The second-order valence-electron chi connectivity index (χ2n) is 8.81. The summed E-state index contributed by atoms with van der Waals surface area (Å²) in [5.74, 6) is -2.39. The summed E-state index contributed by atoms with van der Waals surface area (Å²) in [5.41, 5.74) is 6.19. The number of nitrogens with two attached hydrogens (primary N) is 1. The van der Waals surface area contributed by atoms with Gasteiger partial charge in [0.15, 0.2) is 17.0 Å². The van der Waals surface area contributed by atoms with Gasteiger partial charge >= 0.3 is 7.82 Å². The molecule has 4 atom stereocenters. The third-order valence-electron chi connectivity index (χ3n) is 4.96. The van der Waals surface area contributed by atoms with Gasteiger partial charge in [-0.05, 0) is 13.8 Å². The van der Waals surface area contributed by atoms with E-state index in [9.17, 15) is 9.46 Å². The van der Waals surface area contributed by atoms with E-state index in [0.717, 1.165) is 0 Å². The van der Waals surface area contributed by atoms with Crippen molar-refractivity contribution in [2.75, 3.05) is 38.4 Å². The second-order valence-corrected chi connectivity index (χ2v) is 13.5. The Morgan fingerprint density at radius 2 is 1.97 bits per heavy atom. The number of halogens is 1. The Labute approximate surface area is 213 Å². The van der Waals surface area contributed by atoms with Gasteiger partial charge in [0, 0.05) is 23.5 Å². The number of rotatable bonds is 14. The Kier molecular flexibility index (Phi) is 10.7. The minimum absolute atomic E-state index is 0.0276. The third kappa shape index (κ3) is 8.44. The molecular formula is C20H35FN5O6PS2. The standard InChI is InChI=1S/C20H35FN5O6PS2/c1-8-30-17-15-16(24-18(22)25-17)26(12-23-15)20(6,21)13(2)14(29-7)11-32-33(27,28)31-9-10-34-35-19(3,4)5/h12-14H,8-11H2,1-7H3,(H,27,28)(H2,22,24,25)/t13-,14?,20+/m1/s1. The molecule has 15 heteroatoms. The molecule has 0 aromatic carbocycles. The van der Waals surface area contributed by atoms with Gasteiger partial charge in [-0.25, -0.2) is 13.9 Å². The van der Waals surface area contributed by atoms with Crippen LogP contribution in [0.3, 0.4) is 0 Å². The SMILES string of the molecule is CCOc1nc(N)nc2c1ncn2[C@](C)(F)[C@H](C)C(COP(=O)(O)OCCSSC(C)(C)C)OC. The largest absolute Gasteiger partial charge is 0.476 e. The van der Waals surface area contributed by atoms with E-state index < -0.39 is 25.6 Å². The summed E-state index contributed by atoms with van der Waals surface area (Å²) in [6.45, 7) is 10.9. The van der Waals surface area contributed by atoms with E-state index in [1.807, 2.05) is 0 Å². The van der Waals surface area contributed by atoms with E-state index in [1.165, 1.54) is 35.7 Å². The average molecular weight is 556 g/mol. The molecule has 0 aliphatic heterocycles. The zero-order chi connectivity index (χ0) is 26.4. The lowest BCUT2D eigenvalue weighted by molar-refractivity contribution is -0.0761. The van der Waals surface area contributed by atoms with Crippen molar-refractivity contribution < 1.29 is 32.4 Å². The van der Waals surface area contributed by atoms with E-state index >= 15 is 4.39 Å². The molecule has 0 bridgehead atoms. The average Bonchev–Trinajstić information content (AvgIpc) is 3.17. The van der Waals surface area contributed by atoms with Crippen LogP contribution in [0, 0.1) is 5.92 Å². The number of anilines is 1. The molecular weight excluding hydrogens is 520 g/mol. The smallest absolute Gasteiger partial charge is 0.472 e. The number of alkyl halides is 1. The van der Waals surface area contributed by atoms with Crippen LogP contribution in [0.15, 0.2) is 6.33 Å². The van der Waals surface area contributed by atoms with E-state index in [1.54, 1.807) is 24.6 Å². The lowest BCUT2D eigenvalue weighted by atomic mass is 9.94. The topological polar surface area (TPSA) is 144 Å². The minimum Gasteiger partial charge on any atom is -0.476 e. The van der Waals surface area contributed by atoms with Crippen molar-refractivity contribution in [3.05, 3.63) is 6.33 Å². The molecule has 11 nitrogen and oxygen atoms in total. The second kappa shape index (κ2) is 12.4. The number of hydrogen-bond acceptors (Lipinski definition) is 11. The van der Waals surface area contributed by atoms with Crippen molar-refractivity contribution in [1.82, 2.24) is 19.5 Å². The summed E-state index contributed by atoms with van der Waals surface area (Å²) in [5, 5.41) is 0. The minimum atomic E-state index is -4.35. The van der Waals surface area contributed by atoms with Gasteiger partial charge in [-0.2, -0.15) is 9.97 Å². The predicted octanol–water partition coefficient (Wildman–Crippen LogP) is 4.41. The fourth-order valence-corrected chi connectivity index (χ4v) is 5.99. The van der Waals surface area contributed by atoms with Gasteiger partial charge < -0.3 is 20.1 Å². The van der Waals surface area contributed by atoms with Crippen LogP contribution in [0.1, 0.15) is 41.5 Å². The van der Waals surface area contributed by atoms with Gasteiger partial charge in [0.2, 0.25) is 11.8 Å². The van der Waals surface area contributed by atoms with Crippen molar-refractivity contribution in [2.24, 2.45) is 5.92 Å². The number of fused-ring (bicyclic) bond motifs is 1. The zero-order valence-corrected chi connectivity index (χ0v) is 23.6. The van der Waals surface area contributed by atoms with Gasteiger partial charge in [0.05, 0.1) is 32.3 Å². The number of methoxy groups -OCH3 is 1. The van der Waals surface area contributed by atoms with Crippen molar-refractivity contribution in [3.8, 4) is 5.88 Å². The lowest BCUT2D eigenvalue weighted by Gasteiger charge is -2.34. The molecule has 200 valence electrons. The van der Waals surface area contributed by atoms with Crippen LogP contribution >= 0.6 is 29.4 Å². The quantitative estimate of drug-likeness (QED) is 0.193. The van der Waals surface area contributed by atoms with Gasteiger partial charge in [0.25, 0.3) is 0 Å². The predicted molar refractivity (Wildman–Crippen MR) is 137 cm³/mol. The highest BCUT2D eigenvalue weighted by molar-refractivity contribution is 8.77. The number of imidazole rings is 1. The van der Waals surface area contributed by atoms with E-state index in [4.69, 9.17) is 24.3 Å². The molecule has 3 N–H and O–H groups in total. The Morgan fingerprint density at radius 3 is 2.57 bits per heavy atom. The first kappa shape index (κ1) is 30.1. The lowest BCUT2D eigenvalue weighted by Crippen LogP contribution is -2.41. The highest BCUT2D eigenvalue weighted by atomic mass is 33.1. The zero-order valence-electron chi connectivity index (χ0n) is 21.1. The van der Waals surface area contributed by atoms with Crippen molar-refractivity contribution in [2.45, 2.75) is 58.2 Å². The molecule has 0 spiro atoms. The van der Waals surface area contributed by atoms with Crippen molar-refractivity contribution in [3.63, 3.8) is 0 Å². The summed E-state index contributed by atoms with van der Waals surface area (Å²) in [7, 11) is 0.196. The highest BCUT2D eigenvalue weighted by Crippen LogP contribution is 2.45. The Hall–Kier alpha value is -1.15. The molecule has 0 radical (unpaired) electrons. The van der Waals surface area contributed by atoms with Crippen molar-refractivity contribution >= 4 is 46.5 Å². The summed E-state index contributed by atoms with van der Waals surface area (Å²) < 4.78 is 50.7. The summed E-state index contributed by atoms with van der Waals surface area (Å²) in [4.78, 5) is 22.4. The van der Waals surface area contributed by atoms with E-state index in [2.05, 4.69) is 35.7 Å². The molecule has 0 aliphatic carbocycles. The van der Waals surface area contributed by atoms with Crippen LogP contribution in [0.2, 0.25) is 0 Å². The van der Waals surface area contributed by atoms with Crippen LogP contribution in [-0.2, 0) is 24.1 Å². The number of aromatic nitrogens is 4. The molecule has 0 amide bonds. The van der Waals surface area contributed by atoms with Crippen LogP contribution in [0.4, 0.5) is 10.3 Å². The number of phosphoric acid groups is 1. The Balaban J connectivity index is 2.07. The van der Waals surface area contributed by atoms with Crippen LogP contribution in [-0.4, -0.2) is 67.9 Å². The summed E-state index contributed by atoms with van der Waals surface area (Å²) >= 11 is 0. The maximum absolute atomic E-state index is 16.1. The van der Waals surface area contributed by atoms with E-state index in [0.29, 0.717) is 12.4 Å². The molecule has 2 heterocycles. The fraction of sp³-hybridized carbons (Fsp3) is 0.750. The molecule has 2 aromatic heterocycles. The normalized spacial score (nSPS) is 17.6. The first-order valence-electron chi connectivity index (χ1n) is 11.0. The van der Waals surface area contributed by atoms with E-state index in [-0.39, 0.29) is 41.0 Å². The van der Waals surface area contributed by atoms with Gasteiger partial charge in [-0.3, -0.25) is 13.6 Å². The van der Waals surface area contributed by atoms with Crippen LogP contribution < -0.4 is 10.5 Å². The van der Waals surface area contributed by atoms with Gasteiger partial charge in [-0.1, -0.05) is 49.3 Å². The number of ether oxygens (including phenoxy) is 2. The molecule has 2 rings (SSSR count). The molecule has 2 unspecified atom stereocenters. The Bertz CT molecular complexity index is 1020. The summed E-state index contributed by atoms with van der Waals surface area (Å²) in [6.07, 6.45) is 0.376. The first-order valence-corrected chi connectivity index (χ1v) is 14.8. The molecule has 0 saturated heterocycles. The summed E-state index contributed by atoms with van der Waals surface area (Å²) in [6, 6.07) is 0. The number of nitrogen functional groups attached to an aromatic ring is 1. The molecule has 0 saturated carbocycles.